The lowest BCUT2D eigenvalue weighted by Crippen LogP contribution is -2.32. The summed E-state index contributed by atoms with van der Waals surface area (Å²) >= 11 is 3.18. The number of hydrogen-bond acceptors (Lipinski definition) is 3. The van der Waals surface area contributed by atoms with Crippen LogP contribution in [0.1, 0.15) is 17.4 Å². The molecule has 4 nitrogen and oxygen atoms in total. The third-order valence-electron chi connectivity index (χ3n) is 3.63. The number of rotatable bonds is 6. The Morgan fingerprint density at radius 2 is 1.92 bits per heavy atom. The van der Waals surface area contributed by atoms with Gasteiger partial charge < -0.3 is 9.73 Å². The van der Waals surface area contributed by atoms with Crippen LogP contribution in [0.4, 0.5) is 10.1 Å². The Balaban J connectivity index is 1.68. The molecule has 0 saturated heterocycles. The van der Waals surface area contributed by atoms with E-state index in [-0.39, 0.29) is 24.2 Å². The highest BCUT2D eigenvalue weighted by atomic mass is 79.9. The van der Waals surface area contributed by atoms with E-state index < -0.39 is 5.82 Å². The molecule has 3 rings (SSSR count). The number of nitrogens with one attached hydrogen (secondary N) is 2. The van der Waals surface area contributed by atoms with Crippen LogP contribution in [-0.4, -0.2) is 12.5 Å². The van der Waals surface area contributed by atoms with Gasteiger partial charge in [0.1, 0.15) is 11.6 Å². The standard InChI is InChI=1S/C19H16BrFN2O2/c20-14-8-9-16(15(21)11-14)23-18(24)12-22-19(17-7-4-10-25-17)13-5-2-1-3-6-13/h1-11,19,22H,12H2,(H,23,24)/t19-/m0/s1. The molecule has 0 unspecified atom stereocenters. The van der Waals surface area contributed by atoms with E-state index in [2.05, 4.69) is 26.6 Å². The Morgan fingerprint density at radius 1 is 1.12 bits per heavy atom. The molecule has 128 valence electrons. The molecule has 0 fully saturated rings. The van der Waals surface area contributed by atoms with Crippen molar-refractivity contribution in [2.24, 2.45) is 0 Å². The number of benzene rings is 2. The molecule has 3 aromatic rings. The minimum absolute atomic E-state index is 0.00969. The highest BCUT2D eigenvalue weighted by molar-refractivity contribution is 9.10. The molecule has 0 aliphatic carbocycles. The van der Waals surface area contributed by atoms with Crippen LogP contribution < -0.4 is 10.6 Å². The lowest BCUT2D eigenvalue weighted by Gasteiger charge is -2.17. The molecule has 0 aliphatic heterocycles. The van der Waals surface area contributed by atoms with Gasteiger partial charge in [-0.3, -0.25) is 10.1 Å². The van der Waals surface area contributed by atoms with Gasteiger partial charge in [-0.05, 0) is 35.9 Å². The third kappa shape index (κ3) is 4.55. The molecule has 1 atom stereocenters. The average Bonchev–Trinajstić information content (AvgIpc) is 3.13. The van der Waals surface area contributed by atoms with Crippen molar-refractivity contribution in [3.63, 3.8) is 0 Å². The van der Waals surface area contributed by atoms with Crippen molar-refractivity contribution in [1.82, 2.24) is 5.32 Å². The summed E-state index contributed by atoms with van der Waals surface area (Å²) in [5.41, 5.74) is 1.12. The van der Waals surface area contributed by atoms with E-state index in [0.717, 1.165) is 5.56 Å². The van der Waals surface area contributed by atoms with E-state index in [1.165, 1.54) is 12.1 Å². The third-order valence-corrected chi connectivity index (χ3v) is 4.13. The maximum absolute atomic E-state index is 13.8. The van der Waals surface area contributed by atoms with Gasteiger partial charge in [0.05, 0.1) is 24.5 Å². The monoisotopic (exact) mass is 402 g/mol. The summed E-state index contributed by atoms with van der Waals surface area (Å²) < 4.78 is 19.9. The number of furan rings is 1. The fourth-order valence-electron chi connectivity index (χ4n) is 2.46. The van der Waals surface area contributed by atoms with Crippen molar-refractivity contribution < 1.29 is 13.6 Å². The lowest BCUT2D eigenvalue weighted by molar-refractivity contribution is -0.115. The number of halogens is 2. The second kappa shape index (κ2) is 8.09. The van der Waals surface area contributed by atoms with Crippen LogP contribution in [0.2, 0.25) is 0 Å². The molecular formula is C19H16BrFN2O2. The van der Waals surface area contributed by atoms with E-state index in [0.29, 0.717) is 10.2 Å². The maximum atomic E-state index is 13.8. The molecule has 6 heteroatoms. The first-order chi connectivity index (χ1) is 12.1. The maximum Gasteiger partial charge on any atom is 0.238 e. The highest BCUT2D eigenvalue weighted by Crippen LogP contribution is 2.22. The quantitative estimate of drug-likeness (QED) is 0.638. The molecule has 2 N–H and O–H groups in total. The molecule has 0 saturated carbocycles. The van der Waals surface area contributed by atoms with Crippen LogP contribution in [0.25, 0.3) is 0 Å². The van der Waals surface area contributed by atoms with Crippen molar-refractivity contribution in [2.75, 3.05) is 11.9 Å². The van der Waals surface area contributed by atoms with E-state index in [4.69, 9.17) is 4.42 Å². The van der Waals surface area contributed by atoms with Gasteiger partial charge in [-0.1, -0.05) is 46.3 Å². The van der Waals surface area contributed by atoms with E-state index in [1.807, 2.05) is 36.4 Å². The smallest absolute Gasteiger partial charge is 0.238 e. The van der Waals surface area contributed by atoms with Gasteiger partial charge in [-0.2, -0.15) is 0 Å². The molecule has 0 spiro atoms. The summed E-state index contributed by atoms with van der Waals surface area (Å²) in [7, 11) is 0. The van der Waals surface area contributed by atoms with Crippen LogP contribution >= 0.6 is 15.9 Å². The Kier molecular flexibility index (Phi) is 5.63. The number of amides is 1. The van der Waals surface area contributed by atoms with Crippen molar-refractivity contribution in [3.8, 4) is 0 Å². The summed E-state index contributed by atoms with van der Waals surface area (Å²) in [6.07, 6.45) is 1.59. The molecule has 1 amide bonds. The first-order valence-electron chi connectivity index (χ1n) is 7.70. The average molecular weight is 403 g/mol. The van der Waals surface area contributed by atoms with Crippen LogP contribution in [0.15, 0.2) is 75.8 Å². The van der Waals surface area contributed by atoms with Crippen LogP contribution in [-0.2, 0) is 4.79 Å². The number of hydrogen-bond donors (Lipinski definition) is 2. The van der Waals surface area contributed by atoms with Crippen LogP contribution in [0.5, 0.6) is 0 Å². The van der Waals surface area contributed by atoms with Crippen molar-refractivity contribution >= 4 is 27.5 Å². The van der Waals surface area contributed by atoms with Gasteiger partial charge in [0.15, 0.2) is 0 Å². The molecule has 0 radical (unpaired) electrons. The zero-order valence-electron chi connectivity index (χ0n) is 13.2. The first-order valence-corrected chi connectivity index (χ1v) is 8.49. The van der Waals surface area contributed by atoms with Crippen molar-refractivity contribution in [2.45, 2.75) is 6.04 Å². The van der Waals surface area contributed by atoms with Crippen LogP contribution in [0.3, 0.4) is 0 Å². The fraction of sp³-hybridized carbons (Fsp3) is 0.105. The second-order valence-electron chi connectivity index (χ2n) is 5.41. The summed E-state index contributed by atoms with van der Waals surface area (Å²) in [5.74, 6) is -0.129. The molecule has 0 bridgehead atoms. The van der Waals surface area contributed by atoms with Gasteiger partial charge >= 0.3 is 0 Å². The van der Waals surface area contributed by atoms with Crippen molar-refractivity contribution in [3.05, 3.63) is 88.5 Å². The largest absolute Gasteiger partial charge is 0.467 e. The Hall–Kier alpha value is -2.44. The highest BCUT2D eigenvalue weighted by Gasteiger charge is 2.17. The Labute approximate surface area is 153 Å². The molecule has 1 heterocycles. The van der Waals surface area contributed by atoms with Gasteiger partial charge in [0, 0.05) is 4.47 Å². The summed E-state index contributed by atoms with van der Waals surface area (Å²) in [6, 6.07) is 17.5. The van der Waals surface area contributed by atoms with Gasteiger partial charge in [-0.15, -0.1) is 0 Å². The lowest BCUT2D eigenvalue weighted by atomic mass is 10.0. The first kappa shape index (κ1) is 17.4. The number of carbonyl (C=O) groups excluding carboxylic acids is 1. The normalized spacial score (nSPS) is 11.9. The van der Waals surface area contributed by atoms with E-state index in [1.54, 1.807) is 18.4 Å². The molecule has 2 aromatic carbocycles. The molecule has 0 aliphatic rings. The topological polar surface area (TPSA) is 54.3 Å². The van der Waals surface area contributed by atoms with E-state index in [9.17, 15) is 9.18 Å². The van der Waals surface area contributed by atoms with E-state index >= 15 is 0 Å². The van der Waals surface area contributed by atoms with Crippen molar-refractivity contribution in [1.29, 1.82) is 0 Å². The zero-order valence-corrected chi connectivity index (χ0v) is 14.8. The Morgan fingerprint density at radius 3 is 2.60 bits per heavy atom. The minimum Gasteiger partial charge on any atom is -0.467 e. The SMILES string of the molecule is O=C(CN[C@@H](c1ccccc1)c1ccco1)Nc1ccc(Br)cc1F. The molecule has 1 aromatic heterocycles. The van der Waals surface area contributed by atoms with Gasteiger partial charge in [-0.25, -0.2) is 4.39 Å². The number of anilines is 1. The predicted octanol–water partition coefficient (Wildman–Crippen LogP) is 4.50. The summed E-state index contributed by atoms with van der Waals surface area (Å²) in [4.78, 5) is 12.2. The molecular weight excluding hydrogens is 387 g/mol. The van der Waals surface area contributed by atoms with Gasteiger partial charge in [0.25, 0.3) is 0 Å². The summed E-state index contributed by atoms with van der Waals surface area (Å²) in [5, 5.41) is 5.71. The second-order valence-corrected chi connectivity index (χ2v) is 6.33. The summed E-state index contributed by atoms with van der Waals surface area (Å²) in [6.45, 7) is 0.00969. The Bertz CT molecular complexity index is 838. The zero-order chi connectivity index (χ0) is 17.6. The fourth-order valence-corrected chi connectivity index (χ4v) is 2.80. The number of carbonyl (C=O) groups is 1. The minimum atomic E-state index is -0.492. The van der Waals surface area contributed by atoms with Gasteiger partial charge in [0.2, 0.25) is 5.91 Å². The molecule has 25 heavy (non-hydrogen) atoms. The van der Waals surface area contributed by atoms with Crippen LogP contribution in [0, 0.1) is 5.82 Å². The predicted molar refractivity (Wildman–Crippen MR) is 97.7 cm³/mol.